The topological polar surface area (TPSA) is 92.3 Å². The molecule has 2 heterocycles. The van der Waals surface area contributed by atoms with E-state index >= 15 is 0 Å². The standard InChI is InChI=1S/C11H14N2O4/c1-11(2,9(14)15)8-6-5-17-4-3-7(6)12-10(16)13-8/h3-5H2,1-2H3,(H,14,15)(H,12,13,16). The number of aliphatic carboxylic acids is 1. The van der Waals surface area contributed by atoms with Crippen LogP contribution in [0.5, 0.6) is 0 Å². The number of rotatable bonds is 2. The molecule has 0 atom stereocenters. The minimum Gasteiger partial charge on any atom is -0.481 e. The Morgan fingerprint density at radius 3 is 2.88 bits per heavy atom. The fourth-order valence-electron chi connectivity index (χ4n) is 1.88. The molecule has 1 aliphatic heterocycles. The van der Waals surface area contributed by atoms with Crippen LogP contribution < -0.4 is 5.69 Å². The molecule has 0 unspecified atom stereocenters. The zero-order chi connectivity index (χ0) is 12.6. The maximum atomic E-state index is 11.4. The molecule has 6 heteroatoms. The molecule has 0 bridgehead atoms. The summed E-state index contributed by atoms with van der Waals surface area (Å²) in [5, 5.41) is 9.19. The van der Waals surface area contributed by atoms with Gasteiger partial charge in [-0.3, -0.25) is 4.79 Å². The van der Waals surface area contributed by atoms with E-state index in [-0.39, 0.29) is 0 Å². The summed E-state index contributed by atoms with van der Waals surface area (Å²) in [6.07, 6.45) is 0.579. The summed E-state index contributed by atoms with van der Waals surface area (Å²) < 4.78 is 5.30. The quantitative estimate of drug-likeness (QED) is 0.768. The first-order valence-corrected chi connectivity index (χ1v) is 5.36. The molecule has 1 aromatic rings. The number of carboxylic acids is 1. The Labute approximate surface area is 97.7 Å². The number of aromatic amines is 1. The smallest absolute Gasteiger partial charge is 0.345 e. The third-order valence-corrected chi connectivity index (χ3v) is 2.99. The molecule has 0 saturated carbocycles. The second-order valence-corrected chi connectivity index (χ2v) is 4.58. The first-order valence-electron chi connectivity index (χ1n) is 5.36. The predicted molar refractivity (Wildman–Crippen MR) is 58.9 cm³/mol. The van der Waals surface area contributed by atoms with Crippen molar-refractivity contribution in [3.8, 4) is 0 Å². The number of carbonyl (C=O) groups is 1. The molecular formula is C11H14N2O4. The van der Waals surface area contributed by atoms with Crippen LogP contribution in [0.4, 0.5) is 0 Å². The number of H-pyrrole nitrogens is 1. The fraction of sp³-hybridized carbons (Fsp3) is 0.545. The van der Waals surface area contributed by atoms with Crippen molar-refractivity contribution in [1.29, 1.82) is 0 Å². The highest BCUT2D eigenvalue weighted by atomic mass is 16.5. The zero-order valence-electron chi connectivity index (χ0n) is 9.74. The van der Waals surface area contributed by atoms with Crippen LogP contribution >= 0.6 is 0 Å². The molecule has 0 saturated heterocycles. The first kappa shape index (κ1) is 11.8. The maximum absolute atomic E-state index is 11.4. The lowest BCUT2D eigenvalue weighted by molar-refractivity contribution is -0.142. The Kier molecular flexibility index (Phi) is 2.74. The van der Waals surface area contributed by atoms with Gasteiger partial charge < -0.3 is 14.8 Å². The monoisotopic (exact) mass is 238 g/mol. The highest BCUT2D eigenvalue weighted by Crippen LogP contribution is 2.27. The van der Waals surface area contributed by atoms with Crippen LogP contribution in [0.15, 0.2) is 4.79 Å². The first-order chi connectivity index (χ1) is 7.93. The van der Waals surface area contributed by atoms with Gasteiger partial charge in [-0.05, 0) is 13.8 Å². The predicted octanol–water partition coefficient (Wildman–Crippen LogP) is 0.205. The van der Waals surface area contributed by atoms with E-state index in [4.69, 9.17) is 4.74 Å². The largest absolute Gasteiger partial charge is 0.481 e. The third-order valence-electron chi connectivity index (χ3n) is 2.99. The Morgan fingerprint density at radius 1 is 1.53 bits per heavy atom. The normalized spacial score (nSPS) is 15.4. The van der Waals surface area contributed by atoms with E-state index in [1.54, 1.807) is 0 Å². The van der Waals surface area contributed by atoms with E-state index < -0.39 is 17.1 Å². The van der Waals surface area contributed by atoms with Gasteiger partial charge in [0.25, 0.3) is 0 Å². The molecule has 0 amide bonds. The van der Waals surface area contributed by atoms with Crippen LogP contribution in [0.1, 0.15) is 30.8 Å². The summed E-state index contributed by atoms with van der Waals surface area (Å²) in [5.41, 5.74) is 0.0289. The summed E-state index contributed by atoms with van der Waals surface area (Å²) in [4.78, 5) is 29.1. The Morgan fingerprint density at radius 2 is 2.24 bits per heavy atom. The van der Waals surface area contributed by atoms with Crippen LogP contribution in [0.3, 0.4) is 0 Å². The summed E-state index contributed by atoms with van der Waals surface area (Å²) in [6.45, 7) is 3.89. The van der Waals surface area contributed by atoms with Crippen molar-refractivity contribution in [2.45, 2.75) is 32.3 Å². The number of hydrogen-bond acceptors (Lipinski definition) is 4. The molecule has 0 aromatic carbocycles. The van der Waals surface area contributed by atoms with Crippen molar-refractivity contribution in [1.82, 2.24) is 9.97 Å². The van der Waals surface area contributed by atoms with E-state index in [2.05, 4.69) is 9.97 Å². The molecular weight excluding hydrogens is 224 g/mol. The number of nitrogens with zero attached hydrogens (tertiary/aromatic N) is 1. The van der Waals surface area contributed by atoms with Gasteiger partial charge in [0.1, 0.15) is 5.41 Å². The highest BCUT2D eigenvalue weighted by Gasteiger charge is 2.35. The Bertz CT molecular complexity index is 519. The van der Waals surface area contributed by atoms with Gasteiger partial charge in [-0.2, -0.15) is 4.98 Å². The van der Waals surface area contributed by atoms with E-state index in [0.717, 1.165) is 5.69 Å². The van der Waals surface area contributed by atoms with Crippen molar-refractivity contribution in [2.24, 2.45) is 0 Å². The summed E-state index contributed by atoms with van der Waals surface area (Å²) in [5.74, 6) is -1.01. The molecule has 0 aliphatic carbocycles. The van der Waals surface area contributed by atoms with Crippen molar-refractivity contribution >= 4 is 5.97 Å². The third kappa shape index (κ3) is 1.95. The second-order valence-electron chi connectivity index (χ2n) is 4.58. The fourth-order valence-corrected chi connectivity index (χ4v) is 1.88. The van der Waals surface area contributed by atoms with Crippen molar-refractivity contribution in [2.75, 3.05) is 6.61 Å². The van der Waals surface area contributed by atoms with E-state index in [9.17, 15) is 14.7 Å². The molecule has 2 rings (SSSR count). The van der Waals surface area contributed by atoms with Gasteiger partial charge >= 0.3 is 11.7 Å². The van der Waals surface area contributed by atoms with Crippen LogP contribution in [-0.4, -0.2) is 27.7 Å². The average molecular weight is 238 g/mol. The zero-order valence-corrected chi connectivity index (χ0v) is 9.74. The minimum atomic E-state index is -1.20. The van der Waals surface area contributed by atoms with Gasteiger partial charge in [0.15, 0.2) is 0 Å². The van der Waals surface area contributed by atoms with Gasteiger partial charge in [-0.15, -0.1) is 0 Å². The van der Waals surface area contributed by atoms with Crippen molar-refractivity contribution < 1.29 is 14.6 Å². The number of ether oxygens (including phenoxy) is 1. The average Bonchev–Trinajstić information content (AvgIpc) is 2.27. The molecule has 6 nitrogen and oxygen atoms in total. The number of aromatic nitrogens is 2. The number of hydrogen-bond donors (Lipinski definition) is 2. The van der Waals surface area contributed by atoms with Gasteiger partial charge in [0.05, 0.1) is 18.9 Å². The van der Waals surface area contributed by atoms with Gasteiger partial charge in [0.2, 0.25) is 0 Å². The molecule has 2 N–H and O–H groups in total. The molecule has 1 aliphatic rings. The SMILES string of the molecule is CC(C)(C(=O)O)c1nc(=O)[nH]c2c1COCC2. The van der Waals surface area contributed by atoms with Crippen molar-refractivity contribution in [3.05, 3.63) is 27.4 Å². The molecule has 0 spiro atoms. The molecule has 0 fully saturated rings. The lowest BCUT2D eigenvalue weighted by Gasteiger charge is -2.25. The summed E-state index contributed by atoms with van der Waals surface area (Å²) in [6, 6.07) is 0. The number of carboxylic acid groups (broad SMARTS) is 1. The Hall–Kier alpha value is -1.69. The van der Waals surface area contributed by atoms with Crippen LogP contribution in [0.25, 0.3) is 0 Å². The number of fused-ring (bicyclic) bond motifs is 1. The number of nitrogens with one attached hydrogen (secondary N) is 1. The van der Waals surface area contributed by atoms with Crippen molar-refractivity contribution in [3.63, 3.8) is 0 Å². The van der Waals surface area contributed by atoms with Gasteiger partial charge in [0, 0.05) is 17.7 Å². The van der Waals surface area contributed by atoms with Gasteiger partial charge in [-0.25, -0.2) is 4.79 Å². The summed E-state index contributed by atoms with van der Waals surface area (Å²) in [7, 11) is 0. The van der Waals surface area contributed by atoms with E-state index in [0.29, 0.717) is 30.9 Å². The molecule has 17 heavy (non-hydrogen) atoms. The molecule has 1 aromatic heterocycles. The minimum absolute atomic E-state index is 0.295. The molecule has 92 valence electrons. The van der Waals surface area contributed by atoms with Crippen LogP contribution in [0, 0.1) is 0 Å². The van der Waals surface area contributed by atoms with Crippen LogP contribution in [-0.2, 0) is 28.0 Å². The molecule has 0 radical (unpaired) electrons. The van der Waals surface area contributed by atoms with E-state index in [1.807, 2.05) is 0 Å². The van der Waals surface area contributed by atoms with Crippen LogP contribution in [0.2, 0.25) is 0 Å². The second kappa shape index (κ2) is 3.96. The summed E-state index contributed by atoms with van der Waals surface area (Å²) >= 11 is 0. The highest BCUT2D eigenvalue weighted by molar-refractivity contribution is 5.80. The lowest BCUT2D eigenvalue weighted by atomic mass is 9.85. The lowest BCUT2D eigenvalue weighted by Crippen LogP contribution is -2.36. The Balaban J connectivity index is 2.65. The van der Waals surface area contributed by atoms with E-state index in [1.165, 1.54) is 13.8 Å². The maximum Gasteiger partial charge on any atom is 0.345 e. The van der Waals surface area contributed by atoms with Gasteiger partial charge in [-0.1, -0.05) is 0 Å².